The van der Waals surface area contributed by atoms with Crippen molar-refractivity contribution >= 4 is 40.5 Å². The second-order valence-corrected chi connectivity index (χ2v) is 9.49. The summed E-state index contributed by atoms with van der Waals surface area (Å²) in [6.07, 6.45) is 2.46. The molecule has 1 atom stereocenters. The molecular weight excluding hydrogens is 376 g/mol. The number of hydrogen-bond acceptors (Lipinski definition) is 8. The largest absolute Gasteiger partial charge is 0.444 e. The van der Waals surface area contributed by atoms with Gasteiger partial charge in [0.2, 0.25) is 17.7 Å². The Bertz CT molecular complexity index is 669. The summed E-state index contributed by atoms with van der Waals surface area (Å²) in [4.78, 5) is 31.4. The molecule has 0 saturated heterocycles. The monoisotopic (exact) mass is 400 g/mol. The summed E-state index contributed by atoms with van der Waals surface area (Å²) in [5.41, 5.74) is 1.48. The fourth-order valence-electron chi connectivity index (χ4n) is 2.05. The van der Waals surface area contributed by atoms with Crippen LogP contribution in [0.15, 0.2) is 15.6 Å². The summed E-state index contributed by atoms with van der Waals surface area (Å²) in [5, 5.41) is 11.7. The predicted molar refractivity (Wildman–Crippen MR) is 102 cm³/mol. The number of carbonyl (C=O) groups excluding carboxylic acids is 2. The van der Waals surface area contributed by atoms with E-state index in [1.54, 1.807) is 23.4 Å². The molecule has 0 fully saturated rings. The summed E-state index contributed by atoms with van der Waals surface area (Å²) in [7, 11) is 0. The Hall–Kier alpha value is -1.52. The van der Waals surface area contributed by atoms with Crippen molar-refractivity contribution in [3.05, 3.63) is 17.8 Å². The highest BCUT2D eigenvalue weighted by Crippen LogP contribution is 2.32. The molecule has 0 aliphatic carbocycles. The third kappa shape index (κ3) is 6.65. The lowest BCUT2D eigenvalue weighted by atomic mass is 9.94. The first-order valence-electron chi connectivity index (χ1n) is 8.28. The number of nitrogens with zero attached hydrogens (tertiary/aromatic N) is 2. The first-order valence-corrected chi connectivity index (χ1v) is 10.2. The van der Waals surface area contributed by atoms with Gasteiger partial charge in [-0.25, -0.2) is 10.5 Å². The highest BCUT2D eigenvalue weighted by molar-refractivity contribution is 8.25. The third-order valence-electron chi connectivity index (χ3n) is 3.49. The molecule has 0 spiro atoms. The Labute approximate surface area is 160 Å². The molecular formula is C16H24N4O4S2. The lowest BCUT2D eigenvalue weighted by Gasteiger charge is -2.13. The Morgan fingerprint density at radius 3 is 2.77 bits per heavy atom. The summed E-state index contributed by atoms with van der Waals surface area (Å²) in [6, 6.07) is 0. The maximum Gasteiger partial charge on any atom is 0.243 e. The second-order valence-electron chi connectivity index (χ2n) is 6.81. The lowest BCUT2D eigenvalue weighted by molar-refractivity contribution is -0.129. The van der Waals surface area contributed by atoms with Gasteiger partial charge in [0.05, 0.1) is 23.1 Å². The standard InChI is InChI=1S/C16H24N4O4S2/c1-16(2,3)10-7-17-13(24-10)9-25-14-8-18-15(26-14)19-11(21)5-4-6-12(22)20-23/h7,14,23H,4-6,8-9H2,1-3H3,(H,20,22)(H,18,19,21). The van der Waals surface area contributed by atoms with E-state index in [1.807, 2.05) is 0 Å². The average Bonchev–Trinajstić information content (AvgIpc) is 3.21. The highest BCUT2D eigenvalue weighted by Gasteiger charge is 2.23. The number of hydroxylamine groups is 1. The third-order valence-corrected chi connectivity index (χ3v) is 5.99. The fourth-order valence-corrected chi connectivity index (χ4v) is 4.16. The number of oxazole rings is 1. The van der Waals surface area contributed by atoms with Gasteiger partial charge in [0, 0.05) is 18.3 Å². The van der Waals surface area contributed by atoms with E-state index in [2.05, 4.69) is 36.1 Å². The number of carbonyl (C=O) groups is 2. The molecule has 1 unspecified atom stereocenters. The van der Waals surface area contributed by atoms with E-state index in [-0.39, 0.29) is 28.7 Å². The molecule has 8 nitrogen and oxygen atoms in total. The number of aromatic nitrogens is 1. The van der Waals surface area contributed by atoms with Crippen molar-refractivity contribution in [3.63, 3.8) is 0 Å². The van der Waals surface area contributed by atoms with Crippen molar-refractivity contribution in [2.45, 2.75) is 55.8 Å². The second kappa shape index (κ2) is 9.43. The molecule has 0 radical (unpaired) electrons. The molecule has 26 heavy (non-hydrogen) atoms. The average molecular weight is 401 g/mol. The van der Waals surface area contributed by atoms with Crippen molar-refractivity contribution in [2.75, 3.05) is 6.54 Å². The normalized spacial score (nSPS) is 17.1. The first-order chi connectivity index (χ1) is 12.3. The van der Waals surface area contributed by atoms with Crippen LogP contribution in [0.5, 0.6) is 0 Å². The molecule has 1 aliphatic rings. The van der Waals surface area contributed by atoms with Crippen molar-refractivity contribution < 1.29 is 19.2 Å². The minimum absolute atomic E-state index is 0.0591. The maximum atomic E-state index is 11.8. The van der Waals surface area contributed by atoms with Crippen LogP contribution < -0.4 is 10.8 Å². The van der Waals surface area contributed by atoms with Crippen LogP contribution in [0.4, 0.5) is 0 Å². The van der Waals surface area contributed by atoms with Crippen LogP contribution in [0, 0.1) is 0 Å². The van der Waals surface area contributed by atoms with Gasteiger partial charge in [-0.05, 0) is 6.42 Å². The molecule has 0 saturated carbocycles. The smallest absolute Gasteiger partial charge is 0.243 e. The Morgan fingerprint density at radius 1 is 1.38 bits per heavy atom. The van der Waals surface area contributed by atoms with E-state index >= 15 is 0 Å². The topological polar surface area (TPSA) is 117 Å². The number of hydrogen-bond donors (Lipinski definition) is 3. The van der Waals surface area contributed by atoms with Gasteiger partial charge in [0.15, 0.2) is 5.17 Å². The van der Waals surface area contributed by atoms with Gasteiger partial charge in [0.25, 0.3) is 0 Å². The molecule has 2 rings (SSSR count). The molecule has 0 aromatic carbocycles. The molecule has 3 N–H and O–H groups in total. The van der Waals surface area contributed by atoms with Crippen LogP contribution in [0.1, 0.15) is 51.7 Å². The van der Waals surface area contributed by atoms with Crippen LogP contribution in [0.2, 0.25) is 0 Å². The first kappa shape index (κ1) is 20.8. The van der Waals surface area contributed by atoms with Gasteiger partial charge >= 0.3 is 0 Å². The Balaban J connectivity index is 1.67. The van der Waals surface area contributed by atoms with E-state index in [4.69, 9.17) is 9.62 Å². The molecule has 1 aromatic heterocycles. The zero-order chi connectivity index (χ0) is 19.2. The van der Waals surface area contributed by atoms with E-state index < -0.39 is 5.91 Å². The van der Waals surface area contributed by atoms with Crippen LogP contribution in [0.3, 0.4) is 0 Å². The number of thioether (sulfide) groups is 2. The van der Waals surface area contributed by atoms with Crippen molar-refractivity contribution in [1.29, 1.82) is 0 Å². The molecule has 144 valence electrons. The quantitative estimate of drug-likeness (QED) is 0.475. The molecule has 2 amide bonds. The van der Waals surface area contributed by atoms with Gasteiger partial charge in [-0.1, -0.05) is 32.5 Å². The number of nitrogens with one attached hydrogen (secondary N) is 2. The van der Waals surface area contributed by atoms with Crippen molar-refractivity contribution in [3.8, 4) is 0 Å². The number of rotatable bonds is 7. The van der Waals surface area contributed by atoms with E-state index in [0.717, 1.165) is 5.76 Å². The Kier molecular flexibility index (Phi) is 7.54. The van der Waals surface area contributed by atoms with Gasteiger partial charge in [-0.2, -0.15) is 0 Å². The van der Waals surface area contributed by atoms with Gasteiger partial charge in [-0.15, -0.1) is 11.8 Å². The van der Waals surface area contributed by atoms with Crippen molar-refractivity contribution in [2.24, 2.45) is 4.99 Å². The molecule has 1 aromatic rings. The minimum Gasteiger partial charge on any atom is -0.444 e. The minimum atomic E-state index is -0.497. The van der Waals surface area contributed by atoms with Gasteiger partial charge in [0.1, 0.15) is 5.76 Å². The molecule has 1 aliphatic heterocycles. The maximum absolute atomic E-state index is 11.8. The van der Waals surface area contributed by atoms with Gasteiger partial charge < -0.3 is 9.73 Å². The number of amides is 2. The summed E-state index contributed by atoms with van der Waals surface area (Å²) in [6.45, 7) is 6.85. The van der Waals surface area contributed by atoms with E-state index in [0.29, 0.717) is 29.8 Å². The van der Waals surface area contributed by atoms with Crippen LogP contribution in [0.25, 0.3) is 0 Å². The van der Waals surface area contributed by atoms with Crippen molar-refractivity contribution in [1.82, 2.24) is 15.8 Å². The predicted octanol–water partition coefficient (Wildman–Crippen LogP) is 2.43. The molecule has 0 bridgehead atoms. The molecule has 10 heteroatoms. The van der Waals surface area contributed by atoms with Crippen LogP contribution >= 0.6 is 23.5 Å². The summed E-state index contributed by atoms with van der Waals surface area (Å²) >= 11 is 3.18. The zero-order valence-corrected chi connectivity index (χ0v) is 16.7. The number of aliphatic imine (C=N–C) groups is 1. The van der Waals surface area contributed by atoms with Crippen LogP contribution in [-0.4, -0.2) is 38.3 Å². The summed E-state index contributed by atoms with van der Waals surface area (Å²) < 4.78 is 5.98. The lowest BCUT2D eigenvalue weighted by Crippen LogP contribution is -2.27. The number of amidine groups is 1. The van der Waals surface area contributed by atoms with E-state index in [9.17, 15) is 9.59 Å². The van der Waals surface area contributed by atoms with E-state index in [1.165, 1.54) is 11.8 Å². The van der Waals surface area contributed by atoms with Gasteiger partial charge in [-0.3, -0.25) is 19.8 Å². The highest BCUT2D eigenvalue weighted by atomic mass is 32.2. The molecule has 2 heterocycles. The SMILES string of the molecule is CC(C)(C)c1cnc(CSC2CN=C(NC(=O)CCCC(=O)NO)S2)o1. The zero-order valence-electron chi connectivity index (χ0n) is 15.1. The fraction of sp³-hybridized carbons (Fsp3) is 0.625. The Morgan fingerprint density at radius 2 is 2.12 bits per heavy atom. The summed E-state index contributed by atoms with van der Waals surface area (Å²) in [5.74, 6) is 1.53. The van der Waals surface area contributed by atoms with Crippen LogP contribution in [-0.2, 0) is 20.8 Å².